The van der Waals surface area contributed by atoms with E-state index in [0.29, 0.717) is 29.2 Å². The topological polar surface area (TPSA) is 52.7 Å². The van der Waals surface area contributed by atoms with Crippen molar-refractivity contribution in [3.8, 4) is 0 Å². The molecule has 1 fully saturated rings. The van der Waals surface area contributed by atoms with E-state index in [9.17, 15) is 9.59 Å². The number of amides is 2. The van der Waals surface area contributed by atoms with Crippen molar-refractivity contribution in [2.45, 2.75) is 19.4 Å². The molecule has 26 heavy (non-hydrogen) atoms. The normalized spacial score (nSPS) is 13.8. The molecule has 1 aliphatic heterocycles. The van der Waals surface area contributed by atoms with Gasteiger partial charge in [0, 0.05) is 44.2 Å². The highest BCUT2D eigenvalue weighted by molar-refractivity contribution is 6.31. The molecule has 3 rings (SSSR count). The van der Waals surface area contributed by atoms with Gasteiger partial charge in [-0.05, 0) is 42.3 Å². The molecular weight excluding hydrogens is 350 g/mol. The monoisotopic (exact) mass is 371 g/mol. The van der Waals surface area contributed by atoms with Gasteiger partial charge in [0.25, 0.3) is 5.91 Å². The number of halogens is 1. The molecule has 6 heteroatoms. The molecule has 1 heterocycles. The molecule has 5 nitrogen and oxygen atoms in total. The predicted molar refractivity (Wildman–Crippen MR) is 105 cm³/mol. The summed E-state index contributed by atoms with van der Waals surface area (Å²) in [5.41, 5.74) is 3.04. The van der Waals surface area contributed by atoms with Crippen LogP contribution in [0.25, 0.3) is 0 Å². The molecule has 0 aromatic heterocycles. The molecule has 2 aromatic carbocycles. The lowest BCUT2D eigenvalue weighted by molar-refractivity contribution is -0.128. The third-order valence-electron chi connectivity index (χ3n) is 4.42. The number of benzene rings is 2. The van der Waals surface area contributed by atoms with Crippen LogP contribution in [0.5, 0.6) is 0 Å². The largest absolute Gasteiger partial charge is 0.376 e. The minimum absolute atomic E-state index is 0.175. The summed E-state index contributed by atoms with van der Waals surface area (Å²) in [6, 6.07) is 12.8. The van der Waals surface area contributed by atoms with Gasteiger partial charge in [-0.15, -0.1) is 0 Å². The molecule has 0 saturated carbocycles. The van der Waals surface area contributed by atoms with E-state index in [4.69, 9.17) is 11.6 Å². The molecule has 0 unspecified atom stereocenters. The van der Waals surface area contributed by atoms with E-state index in [-0.39, 0.29) is 11.8 Å². The van der Waals surface area contributed by atoms with Crippen LogP contribution in [0.3, 0.4) is 0 Å². The van der Waals surface area contributed by atoms with Gasteiger partial charge in [0.05, 0.1) is 11.4 Å². The van der Waals surface area contributed by atoms with Gasteiger partial charge in [-0.2, -0.15) is 0 Å². The Balaban J connectivity index is 1.77. The summed E-state index contributed by atoms with van der Waals surface area (Å²) in [6.07, 6.45) is 1.52. The fourth-order valence-corrected chi connectivity index (χ4v) is 3.27. The zero-order valence-corrected chi connectivity index (χ0v) is 15.7. The van der Waals surface area contributed by atoms with Crippen LogP contribution in [0.4, 0.5) is 11.4 Å². The van der Waals surface area contributed by atoms with Gasteiger partial charge in [0.2, 0.25) is 5.91 Å². The van der Waals surface area contributed by atoms with Crippen molar-refractivity contribution >= 4 is 34.8 Å². The Bertz CT molecular complexity index is 836. The third-order valence-corrected chi connectivity index (χ3v) is 4.66. The average Bonchev–Trinajstić information content (AvgIpc) is 3.00. The second-order valence-electron chi connectivity index (χ2n) is 6.63. The molecule has 136 valence electrons. The zero-order chi connectivity index (χ0) is 18.7. The van der Waals surface area contributed by atoms with Crippen LogP contribution >= 0.6 is 11.6 Å². The number of hydrogen-bond acceptors (Lipinski definition) is 3. The van der Waals surface area contributed by atoms with Crippen LogP contribution in [-0.4, -0.2) is 37.4 Å². The van der Waals surface area contributed by atoms with Crippen LogP contribution in [0.1, 0.15) is 28.8 Å². The summed E-state index contributed by atoms with van der Waals surface area (Å²) in [4.78, 5) is 28.3. The second kappa shape index (κ2) is 7.79. The van der Waals surface area contributed by atoms with E-state index in [0.717, 1.165) is 24.2 Å². The number of likely N-dealkylation sites (tertiary alicyclic amines) is 1. The van der Waals surface area contributed by atoms with Crippen molar-refractivity contribution in [2.75, 3.05) is 30.9 Å². The Labute approximate surface area is 158 Å². The van der Waals surface area contributed by atoms with Crippen LogP contribution in [0.2, 0.25) is 5.02 Å². The van der Waals surface area contributed by atoms with Crippen LogP contribution < -0.4 is 10.2 Å². The smallest absolute Gasteiger partial charge is 0.255 e. The van der Waals surface area contributed by atoms with Gasteiger partial charge in [0.15, 0.2) is 0 Å². The standard InChI is InChI=1S/C20H22ClN3O2/c1-23(2)18-9-8-16(21)12-17(18)22-20(26)15-6-3-5-14(11-15)13-24-10-4-7-19(24)25/h3,5-6,8-9,11-12H,4,7,10,13H2,1-2H3,(H,22,26). The van der Waals surface area contributed by atoms with Gasteiger partial charge in [0.1, 0.15) is 0 Å². The highest BCUT2D eigenvalue weighted by atomic mass is 35.5. The summed E-state index contributed by atoms with van der Waals surface area (Å²) >= 11 is 6.08. The van der Waals surface area contributed by atoms with Crippen molar-refractivity contribution in [3.63, 3.8) is 0 Å². The lowest BCUT2D eigenvalue weighted by Crippen LogP contribution is -2.24. The number of anilines is 2. The molecule has 2 aromatic rings. The maximum absolute atomic E-state index is 12.7. The van der Waals surface area contributed by atoms with Crippen LogP contribution in [0, 0.1) is 0 Å². The highest BCUT2D eigenvalue weighted by Gasteiger charge is 2.20. The fraction of sp³-hybridized carbons (Fsp3) is 0.300. The minimum atomic E-state index is -0.204. The number of hydrogen-bond donors (Lipinski definition) is 1. The van der Waals surface area contributed by atoms with Crippen LogP contribution in [-0.2, 0) is 11.3 Å². The Morgan fingerprint density at radius 3 is 2.73 bits per heavy atom. The number of rotatable bonds is 5. The first-order chi connectivity index (χ1) is 12.4. The quantitative estimate of drug-likeness (QED) is 0.870. The highest BCUT2D eigenvalue weighted by Crippen LogP contribution is 2.28. The van der Waals surface area contributed by atoms with E-state index < -0.39 is 0 Å². The van der Waals surface area contributed by atoms with E-state index in [1.54, 1.807) is 18.2 Å². The first kappa shape index (κ1) is 18.3. The summed E-state index contributed by atoms with van der Waals surface area (Å²) in [5, 5.41) is 3.50. The maximum atomic E-state index is 12.7. The number of nitrogens with one attached hydrogen (secondary N) is 1. The summed E-state index contributed by atoms with van der Waals surface area (Å²) in [5.74, 6) is -0.0284. The predicted octanol–water partition coefficient (Wildman–Crippen LogP) is 3.78. The van der Waals surface area contributed by atoms with Gasteiger partial charge >= 0.3 is 0 Å². The second-order valence-corrected chi connectivity index (χ2v) is 7.07. The lowest BCUT2D eigenvalue weighted by atomic mass is 10.1. The Kier molecular flexibility index (Phi) is 5.47. The Morgan fingerprint density at radius 1 is 1.23 bits per heavy atom. The zero-order valence-electron chi connectivity index (χ0n) is 15.0. The van der Waals surface area contributed by atoms with Crippen molar-refractivity contribution in [1.29, 1.82) is 0 Å². The Morgan fingerprint density at radius 2 is 2.04 bits per heavy atom. The van der Waals surface area contributed by atoms with Crippen molar-refractivity contribution in [2.24, 2.45) is 0 Å². The summed E-state index contributed by atoms with van der Waals surface area (Å²) < 4.78 is 0. The Hall–Kier alpha value is -2.53. The van der Waals surface area contributed by atoms with E-state index in [1.807, 2.05) is 48.2 Å². The SMILES string of the molecule is CN(C)c1ccc(Cl)cc1NC(=O)c1cccc(CN2CCCC2=O)c1. The van der Waals surface area contributed by atoms with Gasteiger partial charge in [-0.1, -0.05) is 23.7 Å². The molecule has 0 radical (unpaired) electrons. The number of carbonyl (C=O) groups excluding carboxylic acids is 2. The summed E-state index contributed by atoms with van der Waals surface area (Å²) in [6.45, 7) is 1.32. The van der Waals surface area contributed by atoms with Crippen molar-refractivity contribution < 1.29 is 9.59 Å². The number of carbonyl (C=O) groups is 2. The molecule has 1 saturated heterocycles. The lowest BCUT2D eigenvalue weighted by Gasteiger charge is -2.19. The van der Waals surface area contributed by atoms with E-state index in [1.165, 1.54) is 0 Å². The molecule has 1 aliphatic rings. The molecule has 0 bridgehead atoms. The molecule has 1 N–H and O–H groups in total. The fourth-order valence-electron chi connectivity index (χ4n) is 3.10. The molecule has 0 spiro atoms. The average molecular weight is 372 g/mol. The minimum Gasteiger partial charge on any atom is -0.376 e. The van der Waals surface area contributed by atoms with Crippen LogP contribution in [0.15, 0.2) is 42.5 Å². The molecule has 0 aliphatic carbocycles. The van der Waals surface area contributed by atoms with E-state index in [2.05, 4.69) is 5.32 Å². The molecular formula is C20H22ClN3O2. The van der Waals surface area contributed by atoms with Gasteiger partial charge in [-0.3, -0.25) is 9.59 Å². The molecule has 0 atom stereocenters. The van der Waals surface area contributed by atoms with Crippen molar-refractivity contribution in [1.82, 2.24) is 4.90 Å². The summed E-state index contributed by atoms with van der Waals surface area (Å²) in [7, 11) is 3.82. The van der Waals surface area contributed by atoms with Crippen molar-refractivity contribution in [3.05, 3.63) is 58.6 Å². The first-order valence-electron chi connectivity index (χ1n) is 8.59. The molecule has 2 amide bonds. The van der Waals surface area contributed by atoms with Gasteiger partial charge in [-0.25, -0.2) is 0 Å². The van der Waals surface area contributed by atoms with Gasteiger partial charge < -0.3 is 15.1 Å². The third kappa shape index (κ3) is 4.17. The maximum Gasteiger partial charge on any atom is 0.255 e. The van der Waals surface area contributed by atoms with E-state index >= 15 is 0 Å². The first-order valence-corrected chi connectivity index (χ1v) is 8.97. The number of nitrogens with zero attached hydrogens (tertiary/aromatic N) is 2.